The Bertz CT molecular complexity index is 764. The second kappa shape index (κ2) is 6.96. The predicted molar refractivity (Wildman–Crippen MR) is 79.1 cm³/mol. The highest BCUT2D eigenvalue weighted by molar-refractivity contribution is 7.89. The molecule has 0 spiro atoms. The molecule has 0 aromatic heterocycles. The molecule has 1 amide bonds. The highest BCUT2D eigenvalue weighted by atomic mass is 32.2. The van der Waals surface area contributed by atoms with Gasteiger partial charge in [0.15, 0.2) is 0 Å². The normalized spacial score (nSPS) is 18.9. The molecule has 1 aliphatic heterocycles. The Kier molecular flexibility index (Phi) is 5.32. The molecule has 1 heterocycles. The Morgan fingerprint density at radius 1 is 1.32 bits per heavy atom. The molecule has 1 saturated heterocycles. The number of halogens is 3. The summed E-state index contributed by atoms with van der Waals surface area (Å²) >= 11 is 0. The Morgan fingerprint density at radius 3 is 2.44 bits per heavy atom. The third-order valence-electron chi connectivity index (χ3n) is 3.62. The van der Waals surface area contributed by atoms with Crippen molar-refractivity contribution in [2.45, 2.75) is 30.0 Å². The van der Waals surface area contributed by atoms with Gasteiger partial charge in [-0.05, 0) is 25.0 Å². The minimum atomic E-state index is -4.60. The molecule has 1 aromatic carbocycles. The smallest absolute Gasteiger partial charge is 0.346 e. The van der Waals surface area contributed by atoms with Crippen molar-refractivity contribution in [3.63, 3.8) is 0 Å². The number of nitro benzene ring substituents is 1. The maximum absolute atomic E-state index is 12.6. The van der Waals surface area contributed by atoms with E-state index in [1.54, 1.807) is 5.32 Å². The lowest BCUT2D eigenvalue weighted by atomic mass is 10.2. The molecule has 25 heavy (non-hydrogen) atoms. The number of rotatable bonds is 5. The van der Waals surface area contributed by atoms with Crippen LogP contribution in [0.1, 0.15) is 12.8 Å². The zero-order valence-corrected chi connectivity index (χ0v) is 13.5. The number of carbonyl (C=O) groups excluding carboxylic acids is 1. The van der Waals surface area contributed by atoms with Crippen LogP contribution in [0.4, 0.5) is 18.9 Å². The molecule has 1 atom stereocenters. The first-order valence-corrected chi connectivity index (χ1v) is 8.57. The largest absolute Gasteiger partial charge is 0.405 e. The predicted octanol–water partition coefficient (Wildman–Crippen LogP) is 1.43. The Labute approximate surface area is 140 Å². The Balaban J connectivity index is 2.19. The van der Waals surface area contributed by atoms with E-state index < -0.39 is 39.6 Å². The number of nitro groups is 1. The zero-order valence-electron chi connectivity index (χ0n) is 12.7. The number of non-ortho nitro benzene ring substituents is 1. The van der Waals surface area contributed by atoms with Crippen LogP contribution in [0, 0.1) is 10.1 Å². The van der Waals surface area contributed by atoms with Gasteiger partial charge in [0.2, 0.25) is 15.9 Å². The second-order valence-electron chi connectivity index (χ2n) is 5.36. The molecule has 1 aliphatic rings. The van der Waals surface area contributed by atoms with Gasteiger partial charge in [-0.1, -0.05) is 0 Å². The van der Waals surface area contributed by atoms with Crippen molar-refractivity contribution in [2.75, 3.05) is 13.1 Å². The third-order valence-corrected chi connectivity index (χ3v) is 5.55. The molecule has 1 fully saturated rings. The van der Waals surface area contributed by atoms with E-state index in [-0.39, 0.29) is 23.5 Å². The van der Waals surface area contributed by atoms with E-state index in [1.165, 1.54) is 0 Å². The summed E-state index contributed by atoms with van der Waals surface area (Å²) in [5.41, 5.74) is -0.306. The van der Waals surface area contributed by atoms with Gasteiger partial charge in [0.1, 0.15) is 12.6 Å². The lowest BCUT2D eigenvalue weighted by Crippen LogP contribution is -2.47. The van der Waals surface area contributed by atoms with E-state index in [1.807, 2.05) is 0 Å². The fraction of sp³-hybridized carbons (Fsp3) is 0.462. The van der Waals surface area contributed by atoms with Gasteiger partial charge >= 0.3 is 6.18 Å². The van der Waals surface area contributed by atoms with Gasteiger partial charge in [0, 0.05) is 18.7 Å². The topological polar surface area (TPSA) is 110 Å². The fourth-order valence-electron chi connectivity index (χ4n) is 2.47. The van der Waals surface area contributed by atoms with Crippen LogP contribution in [-0.4, -0.2) is 48.9 Å². The van der Waals surface area contributed by atoms with Gasteiger partial charge in [0.05, 0.1) is 9.82 Å². The van der Waals surface area contributed by atoms with E-state index >= 15 is 0 Å². The van der Waals surface area contributed by atoms with Crippen LogP contribution >= 0.6 is 0 Å². The average molecular weight is 381 g/mol. The monoisotopic (exact) mass is 381 g/mol. The number of hydrogen-bond acceptors (Lipinski definition) is 5. The first-order valence-electron chi connectivity index (χ1n) is 7.13. The van der Waals surface area contributed by atoms with Crippen LogP contribution in [0.15, 0.2) is 29.2 Å². The fourth-order valence-corrected chi connectivity index (χ4v) is 4.13. The van der Waals surface area contributed by atoms with Crippen LogP contribution in [0.5, 0.6) is 0 Å². The Hall–Kier alpha value is -2.21. The van der Waals surface area contributed by atoms with E-state index in [4.69, 9.17) is 0 Å². The van der Waals surface area contributed by atoms with Crippen molar-refractivity contribution in [1.82, 2.24) is 9.62 Å². The second-order valence-corrected chi connectivity index (χ2v) is 7.25. The molecule has 1 aromatic rings. The van der Waals surface area contributed by atoms with Crippen LogP contribution in [0.2, 0.25) is 0 Å². The summed E-state index contributed by atoms with van der Waals surface area (Å²) < 4.78 is 62.6. The molecule has 138 valence electrons. The van der Waals surface area contributed by atoms with E-state index in [2.05, 4.69) is 0 Å². The first kappa shape index (κ1) is 19.1. The van der Waals surface area contributed by atoms with Crippen LogP contribution in [0.25, 0.3) is 0 Å². The van der Waals surface area contributed by atoms with Gasteiger partial charge < -0.3 is 5.32 Å². The average Bonchev–Trinajstić information content (AvgIpc) is 3.02. The first-order chi connectivity index (χ1) is 11.5. The maximum Gasteiger partial charge on any atom is 0.405 e. The number of sulfonamides is 1. The molecule has 12 heteroatoms. The van der Waals surface area contributed by atoms with Crippen LogP contribution in [0.3, 0.4) is 0 Å². The van der Waals surface area contributed by atoms with Crippen molar-refractivity contribution in [1.29, 1.82) is 0 Å². The van der Waals surface area contributed by atoms with Gasteiger partial charge in [-0.2, -0.15) is 17.5 Å². The number of carbonyl (C=O) groups is 1. The molecule has 1 N–H and O–H groups in total. The number of alkyl halides is 3. The molecule has 8 nitrogen and oxygen atoms in total. The number of amides is 1. The summed E-state index contributed by atoms with van der Waals surface area (Å²) in [5.74, 6) is -1.03. The van der Waals surface area contributed by atoms with E-state index in [9.17, 15) is 36.5 Å². The highest BCUT2D eigenvalue weighted by Crippen LogP contribution is 2.27. The van der Waals surface area contributed by atoms with E-state index in [0.29, 0.717) is 6.42 Å². The third kappa shape index (κ3) is 4.45. The molecule has 0 radical (unpaired) electrons. The van der Waals surface area contributed by atoms with Crippen molar-refractivity contribution in [3.05, 3.63) is 34.4 Å². The molecule has 2 rings (SSSR count). The van der Waals surface area contributed by atoms with Crippen molar-refractivity contribution in [3.8, 4) is 0 Å². The molecule has 0 aliphatic carbocycles. The minimum absolute atomic E-state index is 0.0244. The molecule has 1 unspecified atom stereocenters. The summed E-state index contributed by atoms with van der Waals surface area (Å²) in [6.07, 6.45) is -4.19. The minimum Gasteiger partial charge on any atom is -0.346 e. The summed E-state index contributed by atoms with van der Waals surface area (Å²) in [7, 11) is -4.16. The molecular formula is C13H14F3N3O5S. The van der Waals surface area contributed by atoms with Crippen molar-refractivity contribution in [2.24, 2.45) is 0 Å². The van der Waals surface area contributed by atoms with Crippen LogP contribution < -0.4 is 5.32 Å². The quantitative estimate of drug-likeness (QED) is 0.613. The standard InChI is InChI=1S/C13H14F3N3O5S/c14-13(15,16)8-17-12(20)11-2-1-7-18(11)25(23,24)10-5-3-9(4-6-10)19(21)22/h3-6,11H,1-2,7-8H2,(H,17,20). The van der Waals surface area contributed by atoms with Crippen LogP contribution in [-0.2, 0) is 14.8 Å². The number of hydrogen-bond donors (Lipinski definition) is 1. The van der Waals surface area contributed by atoms with Gasteiger partial charge in [-0.25, -0.2) is 8.42 Å². The number of nitrogens with one attached hydrogen (secondary N) is 1. The Morgan fingerprint density at radius 2 is 1.92 bits per heavy atom. The number of nitrogens with zero attached hydrogens (tertiary/aromatic N) is 2. The number of benzene rings is 1. The van der Waals surface area contributed by atoms with Gasteiger partial charge in [-0.15, -0.1) is 0 Å². The highest BCUT2D eigenvalue weighted by Gasteiger charge is 2.40. The molecule has 0 saturated carbocycles. The maximum atomic E-state index is 12.6. The van der Waals surface area contributed by atoms with Gasteiger partial charge in [-0.3, -0.25) is 14.9 Å². The van der Waals surface area contributed by atoms with E-state index in [0.717, 1.165) is 28.6 Å². The van der Waals surface area contributed by atoms with Gasteiger partial charge in [0.25, 0.3) is 5.69 Å². The SMILES string of the molecule is O=C(NCC(F)(F)F)C1CCCN1S(=O)(=O)c1ccc([N+](=O)[O-])cc1. The lowest BCUT2D eigenvalue weighted by molar-refractivity contribution is -0.384. The summed E-state index contributed by atoms with van der Waals surface area (Å²) in [4.78, 5) is 21.6. The lowest BCUT2D eigenvalue weighted by Gasteiger charge is -2.23. The van der Waals surface area contributed by atoms with Crippen molar-refractivity contribution < 1.29 is 31.3 Å². The summed E-state index contributed by atoms with van der Waals surface area (Å²) in [6, 6.07) is 2.80. The molecule has 0 bridgehead atoms. The van der Waals surface area contributed by atoms with Crippen molar-refractivity contribution >= 4 is 21.6 Å². The summed E-state index contributed by atoms with van der Waals surface area (Å²) in [6.45, 7) is -1.57. The summed E-state index contributed by atoms with van der Waals surface area (Å²) in [5, 5.41) is 12.3. The molecular weight excluding hydrogens is 367 g/mol. The zero-order chi connectivity index (χ0) is 18.8.